The SMILES string of the molecule is CCNC(=NCc1ccc(N2CCC(CO)CC2)cc1)NC1CCC(C)CC1.I. The molecule has 6 heteroatoms. The van der Waals surface area contributed by atoms with E-state index in [1.807, 2.05) is 0 Å². The molecule has 1 aromatic carbocycles. The first-order valence-corrected chi connectivity index (χ1v) is 11.2. The average Bonchev–Trinajstić information content (AvgIpc) is 2.74. The molecule has 3 rings (SSSR count). The summed E-state index contributed by atoms with van der Waals surface area (Å²) in [6.07, 6.45) is 7.28. The first-order valence-electron chi connectivity index (χ1n) is 11.2. The van der Waals surface area contributed by atoms with E-state index in [-0.39, 0.29) is 24.0 Å². The van der Waals surface area contributed by atoms with Crippen molar-refractivity contribution >= 4 is 35.6 Å². The molecule has 1 aromatic rings. The summed E-state index contributed by atoms with van der Waals surface area (Å²) in [5.74, 6) is 2.29. The first-order chi connectivity index (χ1) is 13.7. The van der Waals surface area contributed by atoms with Crippen LogP contribution in [0.15, 0.2) is 29.3 Å². The highest BCUT2D eigenvalue weighted by Crippen LogP contribution is 2.24. The lowest BCUT2D eigenvalue weighted by molar-refractivity contribution is 0.203. The van der Waals surface area contributed by atoms with Crippen molar-refractivity contribution in [1.82, 2.24) is 10.6 Å². The number of piperidine rings is 1. The number of hydrogen-bond acceptors (Lipinski definition) is 3. The molecule has 0 aromatic heterocycles. The summed E-state index contributed by atoms with van der Waals surface area (Å²) in [5.41, 5.74) is 2.52. The largest absolute Gasteiger partial charge is 0.396 e. The minimum absolute atomic E-state index is 0. The van der Waals surface area contributed by atoms with Gasteiger partial charge in [0.05, 0.1) is 6.54 Å². The standard InChI is InChI=1S/C23H38N4O.HI/c1-3-24-23(26-21-8-4-18(2)5-9-21)25-16-19-6-10-22(11-7-19)27-14-12-20(17-28)13-15-27;/h6-7,10-11,18,20-21,28H,3-5,8-9,12-17H2,1-2H3,(H2,24,25,26);1H. The summed E-state index contributed by atoms with van der Waals surface area (Å²) < 4.78 is 0. The van der Waals surface area contributed by atoms with Crippen molar-refractivity contribution in [2.24, 2.45) is 16.8 Å². The van der Waals surface area contributed by atoms with Crippen LogP contribution in [0.2, 0.25) is 0 Å². The predicted octanol–water partition coefficient (Wildman–Crippen LogP) is 4.15. The Balaban J connectivity index is 0.00000300. The van der Waals surface area contributed by atoms with Crippen LogP contribution in [0.3, 0.4) is 0 Å². The second-order valence-electron chi connectivity index (χ2n) is 8.58. The molecule has 0 spiro atoms. The summed E-state index contributed by atoms with van der Waals surface area (Å²) in [4.78, 5) is 7.24. The molecule has 29 heavy (non-hydrogen) atoms. The third-order valence-corrected chi connectivity index (χ3v) is 6.29. The fraction of sp³-hybridized carbons (Fsp3) is 0.696. The third-order valence-electron chi connectivity index (χ3n) is 6.29. The van der Waals surface area contributed by atoms with Crippen LogP contribution in [0, 0.1) is 11.8 Å². The third kappa shape index (κ3) is 7.63. The van der Waals surface area contributed by atoms with Crippen LogP contribution in [0.5, 0.6) is 0 Å². The Hall–Kier alpha value is -1.02. The Bertz CT molecular complexity index is 606. The van der Waals surface area contributed by atoms with Gasteiger partial charge in [0.1, 0.15) is 0 Å². The number of rotatable bonds is 6. The van der Waals surface area contributed by atoms with Gasteiger partial charge in [0, 0.05) is 38.0 Å². The number of benzene rings is 1. The Kier molecular flexibility index (Phi) is 10.6. The van der Waals surface area contributed by atoms with Crippen LogP contribution in [0.25, 0.3) is 0 Å². The zero-order valence-electron chi connectivity index (χ0n) is 18.1. The van der Waals surface area contributed by atoms with Gasteiger partial charge < -0.3 is 20.6 Å². The molecule has 1 saturated carbocycles. The molecule has 1 heterocycles. The number of nitrogens with zero attached hydrogens (tertiary/aromatic N) is 2. The number of halogens is 1. The zero-order valence-corrected chi connectivity index (χ0v) is 20.4. The van der Waals surface area contributed by atoms with E-state index in [1.54, 1.807) is 0 Å². The minimum atomic E-state index is 0. The lowest BCUT2D eigenvalue weighted by atomic mass is 9.87. The molecule has 1 saturated heterocycles. The number of guanidine groups is 1. The van der Waals surface area contributed by atoms with Crippen LogP contribution in [0.1, 0.15) is 57.9 Å². The van der Waals surface area contributed by atoms with Gasteiger partial charge >= 0.3 is 0 Å². The Morgan fingerprint density at radius 1 is 1.07 bits per heavy atom. The summed E-state index contributed by atoms with van der Waals surface area (Å²) in [7, 11) is 0. The van der Waals surface area contributed by atoms with Gasteiger partial charge in [-0.15, -0.1) is 24.0 Å². The van der Waals surface area contributed by atoms with Crippen LogP contribution < -0.4 is 15.5 Å². The van der Waals surface area contributed by atoms with Gasteiger partial charge in [-0.05, 0) is 75.0 Å². The molecular weight excluding hydrogens is 475 g/mol. The Labute approximate surface area is 193 Å². The maximum Gasteiger partial charge on any atom is 0.191 e. The maximum absolute atomic E-state index is 9.30. The highest BCUT2D eigenvalue weighted by Gasteiger charge is 2.19. The van der Waals surface area contributed by atoms with E-state index in [2.05, 4.69) is 53.6 Å². The van der Waals surface area contributed by atoms with Gasteiger partial charge in [-0.1, -0.05) is 19.1 Å². The number of aliphatic imine (C=N–C) groups is 1. The summed E-state index contributed by atoms with van der Waals surface area (Å²) in [5, 5.41) is 16.3. The van der Waals surface area contributed by atoms with E-state index in [9.17, 15) is 5.11 Å². The monoisotopic (exact) mass is 514 g/mol. The van der Waals surface area contributed by atoms with Crippen molar-refractivity contribution in [2.75, 3.05) is 31.1 Å². The summed E-state index contributed by atoms with van der Waals surface area (Å²) >= 11 is 0. The second kappa shape index (κ2) is 12.6. The zero-order chi connectivity index (χ0) is 19.8. The van der Waals surface area contributed by atoms with Crippen LogP contribution >= 0.6 is 24.0 Å². The highest BCUT2D eigenvalue weighted by molar-refractivity contribution is 14.0. The Morgan fingerprint density at radius 3 is 2.31 bits per heavy atom. The number of aliphatic hydroxyl groups is 1. The predicted molar refractivity (Wildman–Crippen MR) is 133 cm³/mol. The molecule has 1 aliphatic heterocycles. The summed E-state index contributed by atoms with van der Waals surface area (Å²) in [6.45, 7) is 8.47. The normalized spacial score (nSPS) is 23.4. The van der Waals surface area contributed by atoms with E-state index in [4.69, 9.17) is 4.99 Å². The highest BCUT2D eigenvalue weighted by atomic mass is 127. The first kappa shape index (κ1) is 24.3. The van der Waals surface area contributed by atoms with Crippen molar-refractivity contribution in [3.63, 3.8) is 0 Å². The van der Waals surface area contributed by atoms with E-state index in [0.29, 0.717) is 25.1 Å². The van der Waals surface area contributed by atoms with Gasteiger partial charge in [-0.2, -0.15) is 0 Å². The van der Waals surface area contributed by atoms with Crippen LogP contribution in [0.4, 0.5) is 5.69 Å². The molecular formula is C23H39IN4O. The van der Waals surface area contributed by atoms with E-state index < -0.39 is 0 Å². The number of hydrogen-bond donors (Lipinski definition) is 3. The second-order valence-corrected chi connectivity index (χ2v) is 8.58. The number of nitrogens with one attached hydrogen (secondary N) is 2. The lowest BCUT2D eigenvalue weighted by Gasteiger charge is -2.32. The fourth-order valence-electron chi connectivity index (χ4n) is 4.27. The molecule has 164 valence electrons. The minimum Gasteiger partial charge on any atom is -0.396 e. The van der Waals surface area contributed by atoms with Gasteiger partial charge in [0.25, 0.3) is 0 Å². The topological polar surface area (TPSA) is 59.9 Å². The molecule has 5 nitrogen and oxygen atoms in total. The molecule has 3 N–H and O–H groups in total. The van der Waals surface area contributed by atoms with Crippen molar-refractivity contribution in [3.8, 4) is 0 Å². The van der Waals surface area contributed by atoms with Crippen molar-refractivity contribution < 1.29 is 5.11 Å². The summed E-state index contributed by atoms with van der Waals surface area (Å²) in [6, 6.07) is 9.38. The molecule has 1 aliphatic carbocycles. The molecule has 0 bridgehead atoms. The molecule has 2 aliphatic rings. The van der Waals surface area contributed by atoms with E-state index in [1.165, 1.54) is 36.9 Å². The lowest BCUT2D eigenvalue weighted by Crippen LogP contribution is -2.44. The van der Waals surface area contributed by atoms with Crippen LogP contribution in [-0.4, -0.2) is 43.3 Å². The average molecular weight is 514 g/mol. The van der Waals surface area contributed by atoms with Crippen molar-refractivity contribution in [3.05, 3.63) is 29.8 Å². The van der Waals surface area contributed by atoms with Crippen LogP contribution in [-0.2, 0) is 6.54 Å². The van der Waals surface area contributed by atoms with Crippen molar-refractivity contribution in [1.29, 1.82) is 0 Å². The number of anilines is 1. The Morgan fingerprint density at radius 2 is 1.72 bits per heavy atom. The molecule has 0 atom stereocenters. The molecule has 0 radical (unpaired) electrons. The van der Waals surface area contributed by atoms with Gasteiger partial charge in [-0.25, -0.2) is 4.99 Å². The van der Waals surface area contributed by atoms with Gasteiger partial charge in [-0.3, -0.25) is 0 Å². The van der Waals surface area contributed by atoms with E-state index in [0.717, 1.165) is 44.4 Å². The van der Waals surface area contributed by atoms with Gasteiger partial charge in [0.2, 0.25) is 0 Å². The fourth-order valence-corrected chi connectivity index (χ4v) is 4.27. The quantitative estimate of drug-likeness (QED) is 0.304. The molecule has 0 unspecified atom stereocenters. The van der Waals surface area contributed by atoms with E-state index >= 15 is 0 Å². The van der Waals surface area contributed by atoms with Crippen molar-refractivity contribution in [2.45, 2.75) is 65.0 Å². The molecule has 2 fully saturated rings. The maximum atomic E-state index is 9.30. The molecule has 0 amide bonds. The number of aliphatic hydroxyl groups excluding tert-OH is 1. The van der Waals surface area contributed by atoms with Gasteiger partial charge in [0.15, 0.2) is 5.96 Å². The smallest absolute Gasteiger partial charge is 0.191 e.